The predicted octanol–water partition coefficient (Wildman–Crippen LogP) is 5.26. The Bertz CT molecular complexity index is 622. The van der Waals surface area contributed by atoms with Crippen LogP contribution in [0, 0.1) is 5.82 Å². The molecule has 0 atom stereocenters. The number of ether oxygens (including phenoxy) is 1. The van der Waals surface area contributed by atoms with Gasteiger partial charge in [-0.3, -0.25) is 0 Å². The Kier molecular flexibility index (Phi) is 4.81. The number of methoxy groups -OCH3 is 1. The van der Waals surface area contributed by atoms with Crippen molar-refractivity contribution in [2.45, 2.75) is 0 Å². The molecule has 100 valence electrons. The fourth-order valence-electron chi connectivity index (χ4n) is 1.42. The zero-order chi connectivity index (χ0) is 14.0. The molecule has 19 heavy (non-hydrogen) atoms. The summed E-state index contributed by atoms with van der Waals surface area (Å²) in [4.78, 5) is 3.99. The second-order valence-electron chi connectivity index (χ2n) is 3.58. The Labute approximate surface area is 135 Å². The maximum Gasteiger partial charge on any atom is 0.166 e. The predicted molar refractivity (Wildman–Crippen MR) is 83.6 cm³/mol. The lowest BCUT2D eigenvalue weighted by atomic mass is 10.3. The van der Waals surface area contributed by atoms with Crippen LogP contribution in [0.2, 0.25) is 0 Å². The molecule has 0 aliphatic carbocycles. The Morgan fingerprint density at radius 3 is 2.53 bits per heavy atom. The molecule has 0 aliphatic heterocycles. The van der Waals surface area contributed by atoms with E-state index in [4.69, 9.17) is 4.74 Å². The lowest BCUT2D eigenvalue weighted by Gasteiger charge is -2.12. The molecule has 0 unspecified atom stereocenters. The number of hydrogen-bond acceptors (Lipinski definition) is 3. The van der Waals surface area contributed by atoms with Gasteiger partial charge in [0.15, 0.2) is 11.6 Å². The smallest absolute Gasteiger partial charge is 0.166 e. The van der Waals surface area contributed by atoms with Crippen molar-refractivity contribution in [3.05, 3.63) is 43.6 Å². The van der Waals surface area contributed by atoms with Crippen LogP contribution < -0.4 is 10.1 Å². The minimum atomic E-state index is -0.442. The number of pyridine rings is 1. The quantitative estimate of drug-likeness (QED) is 0.687. The molecule has 1 N–H and O–H groups in total. The molecular weight excluding hydrogens is 447 g/mol. The van der Waals surface area contributed by atoms with E-state index in [1.54, 1.807) is 13.2 Å². The van der Waals surface area contributed by atoms with Crippen molar-refractivity contribution in [3.63, 3.8) is 0 Å². The van der Waals surface area contributed by atoms with Gasteiger partial charge >= 0.3 is 0 Å². The maximum absolute atomic E-state index is 13.7. The van der Waals surface area contributed by atoms with Gasteiger partial charge in [-0.05, 0) is 59.9 Å². The Morgan fingerprint density at radius 1 is 1.16 bits per heavy atom. The average Bonchev–Trinajstić information content (AvgIpc) is 2.35. The van der Waals surface area contributed by atoms with Gasteiger partial charge in [-0.15, -0.1) is 0 Å². The maximum atomic E-state index is 13.7. The fourth-order valence-corrected chi connectivity index (χ4v) is 2.97. The van der Waals surface area contributed by atoms with Gasteiger partial charge in [0.25, 0.3) is 0 Å². The SMILES string of the molecule is COc1cc(Nc2ncc(Br)cc2F)c(Br)cc1Br. The van der Waals surface area contributed by atoms with Crippen LogP contribution in [0.1, 0.15) is 0 Å². The Hall–Kier alpha value is -0.660. The highest BCUT2D eigenvalue weighted by Crippen LogP contribution is 2.36. The number of benzene rings is 1. The first-order valence-electron chi connectivity index (χ1n) is 5.12. The summed E-state index contributed by atoms with van der Waals surface area (Å²) in [6, 6.07) is 4.91. The largest absolute Gasteiger partial charge is 0.495 e. The molecule has 0 saturated carbocycles. The molecule has 2 rings (SSSR count). The molecule has 7 heteroatoms. The summed E-state index contributed by atoms with van der Waals surface area (Å²) in [5.41, 5.74) is 0.661. The molecule has 1 heterocycles. The third-order valence-electron chi connectivity index (χ3n) is 2.30. The molecule has 0 radical (unpaired) electrons. The number of hydrogen-bond donors (Lipinski definition) is 1. The van der Waals surface area contributed by atoms with Crippen LogP contribution in [0.5, 0.6) is 5.75 Å². The molecule has 3 nitrogen and oxygen atoms in total. The van der Waals surface area contributed by atoms with E-state index < -0.39 is 5.82 Å². The highest BCUT2D eigenvalue weighted by Gasteiger charge is 2.10. The highest BCUT2D eigenvalue weighted by molar-refractivity contribution is 9.11. The van der Waals surface area contributed by atoms with Crippen LogP contribution in [-0.4, -0.2) is 12.1 Å². The first kappa shape index (κ1) is 14.7. The monoisotopic (exact) mass is 452 g/mol. The van der Waals surface area contributed by atoms with E-state index in [0.717, 1.165) is 8.95 Å². The van der Waals surface area contributed by atoms with E-state index in [9.17, 15) is 4.39 Å². The topological polar surface area (TPSA) is 34.1 Å². The molecule has 2 aromatic rings. The van der Waals surface area contributed by atoms with Crippen LogP contribution >= 0.6 is 47.8 Å². The van der Waals surface area contributed by atoms with Crippen molar-refractivity contribution in [2.75, 3.05) is 12.4 Å². The van der Waals surface area contributed by atoms with Crippen molar-refractivity contribution in [1.29, 1.82) is 0 Å². The summed E-state index contributed by atoms with van der Waals surface area (Å²) in [6.45, 7) is 0. The summed E-state index contributed by atoms with van der Waals surface area (Å²) >= 11 is 9.93. The average molecular weight is 455 g/mol. The lowest BCUT2D eigenvalue weighted by molar-refractivity contribution is 0.412. The Balaban J connectivity index is 2.37. The van der Waals surface area contributed by atoms with Crippen LogP contribution in [0.15, 0.2) is 37.8 Å². The summed E-state index contributed by atoms with van der Waals surface area (Å²) in [7, 11) is 1.57. The van der Waals surface area contributed by atoms with Gasteiger partial charge in [0.2, 0.25) is 0 Å². The summed E-state index contributed by atoms with van der Waals surface area (Å²) < 4.78 is 21.1. The van der Waals surface area contributed by atoms with Gasteiger partial charge < -0.3 is 10.1 Å². The second kappa shape index (κ2) is 6.19. The number of aromatic nitrogens is 1. The van der Waals surface area contributed by atoms with E-state index in [1.165, 1.54) is 12.3 Å². The highest BCUT2D eigenvalue weighted by atomic mass is 79.9. The number of anilines is 2. The van der Waals surface area contributed by atoms with Gasteiger partial charge in [0.1, 0.15) is 5.75 Å². The van der Waals surface area contributed by atoms with Crippen LogP contribution in [0.25, 0.3) is 0 Å². The van der Waals surface area contributed by atoms with Gasteiger partial charge in [0.05, 0.1) is 17.3 Å². The number of rotatable bonds is 3. The summed E-state index contributed by atoms with van der Waals surface area (Å²) in [6.07, 6.45) is 1.52. The van der Waals surface area contributed by atoms with E-state index in [2.05, 4.69) is 58.1 Å². The fraction of sp³-hybridized carbons (Fsp3) is 0.0833. The summed E-state index contributed by atoms with van der Waals surface area (Å²) in [5, 5.41) is 2.91. The molecule has 0 spiro atoms. The van der Waals surface area contributed by atoms with Crippen molar-refractivity contribution < 1.29 is 9.13 Å². The molecular formula is C12H8Br3FN2O. The molecule has 0 aliphatic rings. The molecule has 0 bridgehead atoms. The zero-order valence-electron chi connectivity index (χ0n) is 9.68. The van der Waals surface area contributed by atoms with Gasteiger partial charge in [-0.1, -0.05) is 0 Å². The van der Waals surface area contributed by atoms with Gasteiger partial charge in [-0.25, -0.2) is 9.37 Å². The molecule has 1 aromatic heterocycles. The van der Waals surface area contributed by atoms with E-state index in [1.807, 2.05) is 6.07 Å². The van der Waals surface area contributed by atoms with Crippen molar-refractivity contribution >= 4 is 59.3 Å². The van der Waals surface area contributed by atoms with Crippen LogP contribution in [0.3, 0.4) is 0 Å². The number of halogens is 4. The third kappa shape index (κ3) is 3.46. The lowest BCUT2D eigenvalue weighted by Crippen LogP contribution is -1.98. The molecule has 0 saturated heterocycles. The molecule has 0 fully saturated rings. The summed E-state index contributed by atoms with van der Waals surface area (Å²) in [5.74, 6) is 0.347. The van der Waals surface area contributed by atoms with Gasteiger partial charge in [-0.2, -0.15) is 0 Å². The van der Waals surface area contributed by atoms with E-state index in [-0.39, 0.29) is 5.82 Å². The van der Waals surface area contributed by atoms with E-state index >= 15 is 0 Å². The van der Waals surface area contributed by atoms with Crippen LogP contribution in [0.4, 0.5) is 15.9 Å². The molecule has 1 aromatic carbocycles. The first-order valence-corrected chi connectivity index (χ1v) is 7.50. The standard InChI is InChI=1S/C12H8Br3FN2O/c1-19-11-4-10(7(14)3-8(11)15)18-12-9(16)2-6(13)5-17-12/h2-5H,1H3,(H,17,18). The zero-order valence-corrected chi connectivity index (χ0v) is 14.4. The first-order chi connectivity index (χ1) is 9.01. The van der Waals surface area contributed by atoms with Crippen LogP contribution in [-0.2, 0) is 0 Å². The number of nitrogens with one attached hydrogen (secondary N) is 1. The van der Waals surface area contributed by atoms with Crippen molar-refractivity contribution in [2.24, 2.45) is 0 Å². The van der Waals surface area contributed by atoms with Gasteiger partial charge in [0, 0.05) is 21.2 Å². The third-order valence-corrected chi connectivity index (χ3v) is 4.01. The number of nitrogens with zero attached hydrogens (tertiary/aromatic N) is 1. The Morgan fingerprint density at radius 2 is 1.89 bits per heavy atom. The van der Waals surface area contributed by atoms with Crippen molar-refractivity contribution in [3.8, 4) is 5.75 Å². The van der Waals surface area contributed by atoms with Crippen molar-refractivity contribution in [1.82, 2.24) is 4.98 Å². The minimum Gasteiger partial charge on any atom is -0.495 e. The molecule has 0 amide bonds. The normalized spacial score (nSPS) is 10.4. The van der Waals surface area contributed by atoms with E-state index in [0.29, 0.717) is 15.9 Å². The second-order valence-corrected chi connectivity index (χ2v) is 6.20. The minimum absolute atomic E-state index is 0.147.